The summed E-state index contributed by atoms with van der Waals surface area (Å²) in [6.45, 7) is 7.72. The third-order valence-electron chi connectivity index (χ3n) is 4.23. The van der Waals surface area contributed by atoms with Crippen molar-refractivity contribution in [1.29, 1.82) is 0 Å². The molecule has 1 atom stereocenters. The SMILES string of the molecule is Cc1oc(C)c(C(=O)O[C@@H](C)C(=O)Nc2ccc3c(c2)OCCO3)c1C. The molecule has 7 heteroatoms. The first kappa shape index (κ1) is 17.8. The van der Waals surface area contributed by atoms with E-state index < -0.39 is 18.0 Å². The number of esters is 1. The topological polar surface area (TPSA) is 87.0 Å². The first-order valence-electron chi connectivity index (χ1n) is 8.35. The normalized spacial score (nSPS) is 13.8. The Morgan fingerprint density at radius 3 is 2.42 bits per heavy atom. The Labute approximate surface area is 151 Å². The number of anilines is 1. The number of benzene rings is 1. The highest BCUT2D eigenvalue weighted by Crippen LogP contribution is 2.32. The molecule has 0 bridgehead atoms. The lowest BCUT2D eigenvalue weighted by molar-refractivity contribution is -0.123. The van der Waals surface area contributed by atoms with Gasteiger partial charge in [0.2, 0.25) is 0 Å². The fraction of sp³-hybridized carbons (Fsp3) is 0.368. The van der Waals surface area contributed by atoms with Gasteiger partial charge in [-0.05, 0) is 39.8 Å². The van der Waals surface area contributed by atoms with Crippen LogP contribution >= 0.6 is 0 Å². The van der Waals surface area contributed by atoms with Gasteiger partial charge in [0, 0.05) is 17.3 Å². The molecule has 2 heterocycles. The summed E-state index contributed by atoms with van der Waals surface area (Å²) in [7, 11) is 0. The molecule has 0 fully saturated rings. The molecule has 0 saturated heterocycles. The molecular weight excluding hydrogens is 338 g/mol. The summed E-state index contributed by atoms with van der Waals surface area (Å²) < 4.78 is 21.6. The molecule has 0 aliphatic carbocycles. The predicted octanol–water partition coefficient (Wildman–Crippen LogP) is 3.16. The number of nitrogens with one attached hydrogen (secondary N) is 1. The average molecular weight is 359 g/mol. The highest BCUT2D eigenvalue weighted by Gasteiger charge is 2.25. The van der Waals surface area contributed by atoms with Crippen molar-refractivity contribution in [3.63, 3.8) is 0 Å². The van der Waals surface area contributed by atoms with E-state index >= 15 is 0 Å². The number of furan rings is 1. The zero-order valence-corrected chi connectivity index (χ0v) is 15.2. The number of amides is 1. The largest absolute Gasteiger partial charge is 0.486 e. The molecule has 0 saturated carbocycles. The van der Waals surface area contributed by atoms with Crippen molar-refractivity contribution in [2.75, 3.05) is 18.5 Å². The van der Waals surface area contributed by atoms with Crippen LogP contribution in [0.25, 0.3) is 0 Å². The van der Waals surface area contributed by atoms with E-state index in [1.54, 1.807) is 39.0 Å². The second-order valence-corrected chi connectivity index (χ2v) is 6.11. The second-order valence-electron chi connectivity index (χ2n) is 6.11. The van der Waals surface area contributed by atoms with Gasteiger partial charge in [-0.1, -0.05) is 0 Å². The minimum absolute atomic E-state index is 0.362. The summed E-state index contributed by atoms with van der Waals surface area (Å²) in [5, 5.41) is 2.71. The monoisotopic (exact) mass is 359 g/mol. The van der Waals surface area contributed by atoms with Gasteiger partial charge in [-0.25, -0.2) is 4.79 Å². The molecule has 2 aromatic rings. The van der Waals surface area contributed by atoms with E-state index in [1.807, 2.05) is 0 Å². The van der Waals surface area contributed by atoms with Crippen LogP contribution in [0.15, 0.2) is 22.6 Å². The van der Waals surface area contributed by atoms with Crippen LogP contribution in [-0.2, 0) is 9.53 Å². The molecule has 3 rings (SSSR count). The number of hydrogen-bond donors (Lipinski definition) is 1. The van der Waals surface area contributed by atoms with Crippen molar-refractivity contribution >= 4 is 17.6 Å². The standard InChI is InChI=1S/C19H21NO6/c1-10-11(2)25-12(3)17(10)19(22)26-13(4)18(21)20-14-5-6-15-16(9-14)24-8-7-23-15/h5-6,9,13H,7-8H2,1-4H3,(H,20,21)/t13-/m0/s1. The van der Waals surface area contributed by atoms with Crippen LogP contribution in [0.1, 0.15) is 34.4 Å². The highest BCUT2D eigenvalue weighted by atomic mass is 16.6. The van der Waals surface area contributed by atoms with Crippen molar-refractivity contribution in [3.05, 3.63) is 40.8 Å². The lowest BCUT2D eigenvalue weighted by Gasteiger charge is -2.19. The minimum Gasteiger partial charge on any atom is -0.486 e. The van der Waals surface area contributed by atoms with Crippen molar-refractivity contribution in [1.82, 2.24) is 0 Å². The summed E-state index contributed by atoms with van der Waals surface area (Å²) in [5.41, 5.74) is 1.61. The highest BCUT2D eigenvalue weighted by molar-refractivity contribution is 5.98. The third kappa shape index (κ3) is 3.51. The van der Waals surface area contributed by atoms with Crippen LogP contribution in [-0.4, -0.2) is 31.2 Å². The maximum Gasteiger partial charge on any atom is 0.342 e. The summed E-state index contributed by atoms with van der Waals surface area (Å²) in [5.74, 6) is 1.31. The smallest absolute Gasteiger partial charge is 0.342 e. The van der Waals surface area contributed by atoms with E-state index in [0.29, 0.717) is 53.0 Å². The second kappa shape index (κ2) is 7.11. The van der Waals surface area contributed by atoms with Crippen LogP contribution in [0.2, 0.25) is 0 Å². The summed E-state index contributed by atoms with van der Waals surface area (Å²) in [6, 6.07) is 5.10. The van der Waals surface area contributed by atoms with E-state index in [4.69, 9.17) is 18.6 Å². The molecule has 1 aliphatic rings. The third-order valence-corrected chi connectivity index (χ3v) is 4.23. The fourth-order valence-corrected chi connectivity index (χ4v) is 2.73. The summed E-state index contributed by atoms with van der Waals surface area (Å²) in [4.78, 5) is 24.7. The van der Waals surface area contributed by atoms with Crippen molar-refractivity contribution in [2.45, 2.75) is 33.8 Å². The Kier molecular flexibility index (Phi) is 4.88. The molecule has 1 aliphatic heterocycles. The van der Waals surface area contributed by atoms with Gasteiger partial charge in [-0.3, -0.25) is 4.79 Å². The Morgan fingerprint density at radius 2 is 1.77 bits per heavy atom. The number of ether oxygens (including phenoxy) is 3. The predicted molar refractivity (Wildman–Crippen MR) is 93.9 cm³/mol. The molecule has 26 heavy (non-hydrogen) atoms. The number of carbonyl (C=O) groups is 2. The zero-order valence-electron chi connectivity index (χ0n) is 15.2. The molecule has 1 amide bonds. The van der Waals surface area contributed by atoms with Gasteiger partial charge in [0.1, 0.15) is 30.3 Å². The molecule has 7 nitrogen and oxygen atoms in total. The summed E-state index contributed by atoms with van der Waals surface area (Å²) >= 11 is 0. The van der Waals surface area contributed by atoms with Crippen LogP contribution in [0.3, 0.4) is 0 Å². The van der Waals surface area contributed by atoms with Gasteiger partial charge in [0.25, 0.3) is 5.91 Å². The number of carbonyl (C=O) groups excluding carboxylic acids is 2. The van der Waals surface area contributed by atoms with Crippen molar-refractivity contribution in [3.8, 4) is 11.5 Å². The van der Waals surface area contributed by atoms with Crippen LogP contribution in [0.5, 0.6) is 11.5 Å². The van der Waals surface area contributed by atoms with Gasteiger partial charge in [0.05, 0.1) is 0 Å². The van der Waals surface area contributed by atoms with E-state index in [9.17, 15) is 9.59 Å². The Balaban J connectivity index is 1.65. The lowest BCUT2D eigenvalue weighted by atomic mass is 10.1. The minimum atomic E-state index is -0.968. The van der Waals surface area contributed by atoms with E-state index in [1.165, 1.54) is 6.92 Å². The van der Waals surface area contributed by atoms with Gasteiger partial charge in [-0.2, -0.15) is 0 Å². The molecule has 0 radical (unpaired) electrons. The lowest BCUT2D eigenvalue weighted by Crippen LogP contribution is -2.30. The van der Waals surface area contributed by atoms with Crippen LogP contribution in [0, 0.1) is 20.8 Å². The Morgan fingerprint density at radius 1 is 1.08 bits per heavy atom. The first-order valence-corrected chi connectivity index (χ1v) is 8.35. The van der Waals surface area contributed by atoms with E-state index in [2.05, 4.69) is 5.32 Å². The molecule has 1 N–H and O–H groups in total. The molecule has 0 unspecified atom stereocenters. The fourth-order valence-electron chi connectivity index (χ4n) is 2.73. The maximum atomic E-state index is 12.4. The van der Waals surface area contributed by atoms with Crippen LogP contribution in [0.4, 0.5) is 5.69 Å². The molecule has 0 spiro atoms. The molecule has 138 valence electrons. The average Bonchev–Trinajstić information content (AvgIpc) is 2.86. The molecular formula is C19H21NO6. The quantitative estimate of drug-likeness (QED) is 0.844. The number of rotatable bonds is 4. The van der Waals surface area contributed by atoms with Gasteiger partial charge >= 0.3 is 5.97 Å². The summed E-state index contributed by atoms with van der Waals surface area (Å²) in [6.07, 6.45) is -0.968. The van der Waals surface area contributed by atoms with Gasteiger partial charge in [-0.15, -0.1) is 0 Å². The van der Waals surface area contributed by atoms with Gasteiger partial charge in [0.15, 0.2) is 17.6 Å². The van der Waals surface area contributed by atoms with Crippen molar-refractivity contribution in [2.24, 2.45) is 0 Å². The van der Waals surface area contributed by atoms with E-state index in [-0.39, 0.29) is 0 Å². The van der Waals surface area contributed by atoms with Crippen LogP contribution < -0.4 is 14.8 Å². The number of hydrogen-bond acceptors (Lipinski definition) is 6. The molecule has 1 aromatic carbocycles. The zero-order chi connectivity index (χ0) is 18.8. The number of fused-ring (bicyclic) bond motifs is 1. The van der Waals surface area contributed by atoms with Crippen molar-refractivity contribution < 1.29 is 28.2 Å². The first-order chi connectivity index (χ1) is 12.4. The number of aryl methyl sites for hydroxylation is 2. The van der Waals surface area contributed by atoms with Gasteiger partial charge < -0.3 is 23.9 Å². The Bertz CT molecular complexity index is 854. The molecule has 1 aromatic heterocycles. The maximum absolute atomic E-state index is 12.4. The van der Waals surface area contributed by atoms with E-state index in [0.717, 1.165) is 0 Å². The Hall–Kier alpha value is -2.96.